The summed E-state index contributed by atoms with van der Waals surface area (Å²) in [5.41, 5.74) is 9.72. The molecule has 1 atom stereocenters. The van der Waals surface area contributed by atoms with Crippen LogP contribution < -0.4 is 5.73 Å². The molecule has 1 unspecified atom stereocenters. The van der Waals surface area contributed by atoms with Crippen molar-refractivity contribution in [2.24, 2.45) is 5.73 Å². The van der Waals surface area contributed by atoms with Crippen LogP contribution in [0.1, 0.15) is 35.6 Å². The van der Waals surface area contributed by atoms with Crippen LogP contribution in [0.25, 0.3) is 0 Å². The van der Waals surface area contributed by atoms with Crippen LogP contribution in [0.5, 0.6) is 0 Å². The van der Waals surface area contributed by atoms with Crippen molar-refractivity contribution in [2.75, 3.05) is 6.61 Å². The standard InChI is InChI=1S/C12H19NO/c1-9-5-6-10(2)11(8-9)12(13)4-3-7-14/h5-6,8,12,14H,3-4,7,13H2,1-2H3. The lowest BCUT2D eigenvalue weighted by Crippen LogP contribution is -2.12. The Morgan fingerprint density at radius 3 is 2.71 bits per heavy atom. The first-order valence-corrected chi connectivity index (χ1v) is 5.08. The van der Waals surface area contributed by atoms with Crippen LogP contribution in [0.3, 0.4) is 0 Å². The third-order valence-electron chi connectivity index (χ3n) is 2.51. The molecule has 0 radical (unpaired) electrons. The van der Waals surface area contributed by atoms with Gasteiger partial charge in [-0.2, -0.15) is 0 Å². The number of benzene rings is 1. The molecule has 0 aromatic heterocycles. The van der Waals surface area contributed by atoms with Gasteiger partial charge < -0.3 is 10.8 Å². The predicted octanol–water partition coefficient (Wildman–Crippen LogP) is 2.08. The summed E-state index contributed by atoms with van der Waals surface area (Å²) in [6, 6.07) is 6.39. The summed E-state index contributed by atoms with van der Waals surface area (Å²) in [5, 5.41) is 8.73. The molecule has 0 bridgehead atoms. The summed E-state index contributed by atoms with van der Waals surface area (Å²) >= 11 is 0. The van der Waals surface area contributed by atoms with Gasteiger partial charge in [-0.25, -0.2) is 0 Å². The molecule has 0 aliphatic rings. The number of hydrogen-bond acceptors (Lipinski definition) is 2. The van der Waals surface area contributed by atoms with Gasteiger partial charge in [-0.05, 0) is 37.8 Å². The Hall–Kier alpha value is -0.860. The van der Waals surface area contributed by atoms with Crippen molar-refractivity contribution in [3.8, 4) is 0 Å². The quantitative estimate of drug-likeness (QED) is 0.769. The number of nitrogens with two attached hydrogens (primary N) is 1. The molecule has 0 saturated carbocycles. The maximum Gasteiger partial charge on any atom is 0.0431 e. The molecule has 1 rings (SSSR count). The number of hydrogen-bond donors (Lipinski definition) is 2. The van der Waals surface area contributed by atoms with E-state index in [2.05, 4.69) is 32.0 Å². The number of aliphatic hydroxyl groups excluding tert-OH is 1. The third-order valence-corrected chi connectivity index (χ3v) is 2.51. The Morgan fingerprint density at radius 2 is 2.07 bits per heavy atom. The Balaban J connectivity index is 2.77. The van der Waals surface area contributed by atoms with Gasteiger partial charge in [0.25, 0.3) is 0 Å². The minimum atomic E-state index is 0.0575. The second-order valence-electron chi connectivity index (χ2n) is 3.83. The van der Waals surface area contributed by atoms with Crippen molar-refractivity contribution in [1.82, 2.24) is 0 Å². The first kappa shape index (κ1) is 11.2. The van der Waals surface area contributed by atoms with Crippen molar-refractivity contribution in [3.05, 3.63) is 34.9 Å². The van der Waals surface area contributed by atoms with E-state index in [9.17, 15) is 0 Å². The molecule has 0 fully saturated rings. The molecular formula is C12H19NO. The van der Waals surface area contributed by atoms with Gasteiger partial charge in [0.05, 0.1) is 0 Å². The van der Waals surface area contributed by atoms with Crippen molar-refractivity contribution in [1.29, 1.82) is 0 Å². The zero-order chi connectivity index (χ0) is 10.6. The van der Waals surface area contributed by atoms with Gasteiger partial charge in [0.15, 0.2) is 0 Å². The Kier molecular flexibility index (Phi) is 4.11. The average molecular weight is 193 g/mol. The molecule has 0 saturated heterocycles. The predicted molar refractivity (Wildman–Crippen MR) is 59.2 cm³/mol. The van der Waals surface area contributed by atoms with Crippen LogP contribution in [-0.4, -0.2) is 11.7 Å². The van der Waals surface area contributed by atoms with Gasteiger partial charge in [-0.3, -0.25) is 0 Å². The lowest BCUT2D eigenvalue weighted by Gasteiger charge is -2.14. The average Bonchev–Trinajstić information content (AvgIpc) is 2.18. The molecule has 0 spiro atoms. The molecule has 0 aliphatic carbocycles. The lowest BCUT2D eigenvalue weighted by molar-refractivity contribution is 0.280. The third kappa shape index (κ3) is 2.82. The first-order chi connectivity index (χ1) is 6.65. The fourth-order valence-corrected chi connectivity index (χ4v) is 1.63. The fraction of sp³-hybridized carbons (Fsp3) is 0.500. The number of aryl methyl sites for hydroxylation is 2. The second-order valence-corrected chi connectivity index (χ2v) is 3.83. The van der Waals surface area contributed by atoms with E-state index < -0.39 is 0 Å². The highest BCUT2D eigenvalue weighted by molar-refractivity contribution is 5.32. The van der Waals surface area contributed by atoms with Crippen LogP contribution >= 0.6 is 0 Å². The molecule has 2 heteroatoms. The molecule has 3 N–H and O–H groups in total. The summed E-state index contributed by atoms with van der Waals surface area (Å²) in [5.74, 6) is 0. The summed E-state index contributed by atoms with van der Waals surface area (Å²) in [6.07, 6.45) is 1.62. The summed E-state index contributed by atoms with van der Waals surface area (Å²) in [4.78, 5) is 0. The van der Waals surface area contributed by atoms with Gasteiger partial charge in [-0.1, -0.05) is 23.8 Å². The molecular weight excluding hydrogens is 174 g/mol. The Bertz CT molecular complexity index is 296. The van der Waals surface area contributed by atoms with E-state index in [-0.39, 0.29) is 12.6 Å². The monoisotopic (exact) mass is 193 g/mol. The number of aliphatic hydroxyl groups is 1. The fourth-order valence-electron chi connectivity index (χ4n) is 1.63. The maximum atomic E-state index is 8.73. The van der Waals surface area contributed by atoms with E-state index >= 15 is 0 Å². The van der Waals surface area contributed by atoms with Crippen LogP contribution in [0.2, 0.25) is 0 Å². The normalized spacial score (nSPS) is 12.9. The summed E-state index contributed by atoms with van der Waals surface area (Å²) in [6.45, 7) is 4.37. The van der Waals surface area contributed by atoms with E-state index in [1.165, 1.54) is 16.7 Å². The molecule has 1 aromatic rings. The molecule has 1 aromatic carbocycles. The minimum Gasteiger partial charge on any atom is -0.396 e. The van der Waals surface area contributed by atoms with Gasteiger partial charge >= 0.3 is 0 Å². The number of rotatable bonds is 4. The minimum absolute atomic E-state index is 0.0575. The van der Waals surface area contributed by atoms with Crippen molar-refractivity contribution in [3.63, 3.8) is 0 Å². The van der Waals surface area contributed by atoms with E-state index in [0.29, 0.717) is 0 Å². The van der Waals surface area contributed by atoms with Gasteiger partial charge in [0.2, 0.25) is 0 Å². The highest BCUT2D eigenvalue weighted by Crippen LogP contribution is 2.20. The van der Waals surface area contributed by atoms with E-state index in [4.69, 9.17) is 10.8 Å². The van der Waals surface area contributed by atoms with Crippen molar-refractivity contribution < 1.29 is 5.11 Å². The zero-order valence-corrected chi connectivity index (χ0v) is 8.96. The van der Waals surface area contributed by atoms with E-state index in [0.717, 1.165) is 12.8 Å². The smallest absolute Gasteiger partial charge is 0.0431 e. The van der Waals surface area contributed by atoms with Crippen molar-refractivity contribution >= 4 is 0 Å². The molecule has 0 heterocycles. The molecule has 2 nitrogen and oxygen atoms in total. The molecule has 14 heavy (non-hydrogen) atoms. The van der Waals surface area contributed by atoms with Gasteiger partial charge in [0.1, 0.15) is 0 Å². The molecule has 78 valence electrons. The van der Waals surface area contributed by atoms with Crippen molar-refractivity contribution in [2.45, 2.75) is 32.7 Å². The second kappa shape index (κ2) is 5.13. The van der Waals surface area contributed by atoms with Gasteiger partial charge in [-0.15, -0.1) is 0 Å². The van der Waals surface area contributed by atoms with Crippen LogP contribution in [-0.2, 0) is 0 Å². The van der Waals surface area contributed by atoms with Gasteiger partial charge in [0, 0.05) is 12.6 Å². The van der Waals surface area contributed by atoms with Crippen LogP contribution in [0, 0.1) is 13.8 Å². The van der Waals surface area contributed by atoms with Crippen LogP contribution in [0.15, 0.2) is 18.2 Å². The first-order valence-electron chi connectivity index (χ1n) is 5.08. The summed E-state index contributed by atoms with van der Waals surface area (Å²) < 4.78 is 0. The highest BCUT2D eigenvalue weighted by Gasteiger charge is 2.08. The Morgan fingerprint density at radius 1 is 1.36 bits per heavy atom. The summed E-state index contributed by atoms with van der Waals surface area (Å²) in [7, 11) is 0. The topological polar surface area (TPSA) is 46.2 Å². The highest BCUT2D eigenvalue weighted by atomic mass is 16.2. The largest absolute Gasteiger partial charge is 0.396 e. The Labute approximate surface area is 85.8 Å². The lowest BCUT2D eigenvalue weighted by atomic mass is 9.96. The van der Waals surface area contributed by atoms with Crippen LogP contribution in [0.4, 0.5) is 0 Å². The van der Waals surface area contributed by atoms with E-state index in [1.807, 2.05) is 0 Å². The zero-order valence-electron chi connectivity index (χ0n) is 8.96. The van der Waals surface area contributed by atoms with E-state index in [1.54, 1.807) is 0 Å². The molecule has 0 amide bonds. The molecule has 0 aliphatic heterocycles. The maximum absolute atomic E-state index is 8.73. The SMILES string of the molecule is Cc1ccc(C)c(C(N)CCCO)c1.